The molecule has 2 rings (SSSR count). The van der Waals surface area contributed by atoms with Gasteiger partial charge in [0.1, 0.15) is 0 Å². The molecule has 1 saturated heterocycles. The van der Waals surface area contributed by atoms with Crippen LogP contribution in [-0.2, 0) is 10.0 Å². The fourth-order valence-electron chi connectivity index (χ4n) is 2.19. The van der Waals surface area contributed by atoms with Crippen LogP contribution in [0.5, 0.6) is 0 Å². The van der Waals surface area contributed by atoms with Crippen molar-refractivity contribution in [3.8, 4) is 0 Å². The maximum Gasteiger partial charge on any atom is 0.289 e. The Morgan fingerprint density at radius 1 is 1.50 bits per heavy atom. The molecule has 1 aliphatic heterocycles. The van der Waals surface area contributed by atoms with Gasteiger partial charge in [-0.05, 0) is 24.5 Å². The summed E-state index contributed by atoms with van der Waals surface area (Å²) in [6.07, 6.45) is 0.534. The van der Waals surface area contributed by atoms with Gasteiger partial charge in [-0.25, -0.2) is 8.42 Å². The fraction of sp³-hybridized carbons (Fsp3) is 0.455. The van der Waals surface area contributed by atoms with Crippen LogP contribution in [0.1, 0.15) is 6.42 Å². The van der Waals surface area contributed by atoms with Gasteiger partial charge >= 0.3 is 0 Å². The van der Waals surface area contributed by atoms with Crippen LogP contribution in [-0.4, -0.2) is 42.4 Å². The number of sulfonamides is 1. The van der Waals surface area contributed by atoms with Gasteiger partial charge in [0.05, 0.1) is 4.92 Å². The zero-order chi connectivity index (χ0) is 14.9. The van der Waals surface area contributed by atoms with E-state index >= 15 is 0 Å². The number of nitro groups is 1. The molecule has 0 amide bonds. The molecule has 0 aliphatic carbocycles. The molecule has 8 nitrogen and oxygen atoms in total. The number of nitrogens with zero attached hydrogens (tertiary/aromatic N) is 2. The highest BCUT2D eigenvalue weighted by molar-refractivity contribution is 7.89. The van der Waals surface area contributed by atoms with E-state index in [9.17, 15) is 18.5 Å². The molecule has 0 radical (unpaired) electrons. The Hall–Kier alpha value is -1.71. The molecular formula is C11H15N3O5S. The van der Waals surface area contributed by atoms with E-state index in [1.807, 2.05) is 0 Å². The van der Waals surface area contributed by atoms with Gasteiger partial charge in [0.2, 0.25) is 10.0 Å². The molecule has 3 N–H and O–H groups in total. The minimum Gasteiger partial charge on any atom is -0.399 e. The molecule has 1 heterocycles. The molecule has 1 fully saturated rings. The van der Waals surface area contributed by atoms with E-state index in [4.69, 9.17) is 10.8 Å². The van der Waals surface area contributed by atoms with Gasteiger partial charge in [0.25, 0.3) is 5.69 Å². The van der Waals surface area contributed by atoms with E-state index in [1.54, 1.807) is 0 Å². The third-order valence-electron chi connectivity index (χ3n) is 3.31. The van der Waals surface area contributed by atoms with E-state index in [-0.39, 0.29) is 31.3 Å². The minimum atomic E-state index is -3.98. The lowest BCUT2D eigenvalue weighted by atomic mass is 10.1. The highest BCUT2D eigenvalue weighted by atomic mass is 32.2. The van der Waals surface area contributed by atoms with Crippen LogP contribution in [0, 0.1) is 16.0 Å². The molecule has 1 aliphatic rings. The number of aliphatic hydroxyl groups is 1. The van der Waals surface area contributed by atoms with Crippen molar-refractivity contribution in [2.24, 2.45) is 5.92 Å². The van der Waals surface area contributed by atoms with Crippen LogP contribution in [0.3, 0.4) is 0 Å². The van der Waals surface area contributed by atoms with Gasteiger partial charge in [0, 0.05) is 31.5 Å². The summed E-state index contributed by atoms with van der Waals surface area (Å²) in [5.74, 6) is -0.134. The molecule has 0 aromatic heterocycles. The Morgan fingerprint density at radius 3 is 2.75 bits per heavy atom. The van der Waals surface area contributed by atoms with Gasteiger partial charge in [0.15, 0.2) is 4.90 Å². The van der Waals surface area contributed by atoms with Crippen LogP contribution < -0.4 is 5.73 Å². The molecule has 110 valence electrons. The SMILES string of the molecule is Nc1ccc([N+](=O)[O-])c(S(=O)(=O)N2CCC(CO)C2)c1. The highest BCUT2D eigenvalue weighted by Gasteiger charge is 2.36. The van der Waals surface area contributed by atoms with E-state index < -0.39 is 25.5 Å². The summed E-state index contributed by atoms with van der Waals surface area (Å²) in [5, 5.41) is 20.0. The Balaban J connectivity index is 2.44. The normalized spacial score (nSPS) is 20.1. The van der Waals surface area contributed by atoms with Crippen molar-refractivity contribution >= 4 is 21.4 Å². The second-order valence-electron chi connectivity index (χ2n) is 4.68. The third-order valence-corrected chi connectivity index (χ3v) is 5.20. The quantitative estimate of drug-likeness (QED) is 0.464. The smallest absolute Gasteiger partial charge is 0.289 e. The second kappa shape index (κ2) is 5.35. The maximum atomic E-state index is 12.5. The molecule has 1 unspecified atom stereocenters. The molecule has 0 saturated carbocycles. The first-order valence-corrected chi connectivity index (χ1v) is 7.45. The Morgan fingerprint density at radius 2 is 2.20 bits per heavy atom. The van der Waals surface area contributed by atoms with E-state index in [0.717, 1.165) is 16.4 Å². The number of hydrogen-bond acceptors (Lipinski definition) is 6. The van der Waals surface area contributed by atoms with Crippen LogP contribution in [0.4, 0.5) is 11.4 Å². The van der Waals surface area contributed by atoms with Crippen molar-refractivity contribution in [1.29, 1.82) is 0 Å². The Kier molecular flexibility index (Phi) is 3.93. The van der Waals surface area contributed by atoms with Gasteiger partial charge in [-0.2, -0.15) is 4.31 Å². The number of hydrogen-bond donors (Lipinski definition) is 2. The summed E-state index contributed by atoms with van der Waals surface area (Å²) in [4.78, 5) is 9.81. The predicted octanol–water partition coefficient (Wildman–Crippen LogP) is 0.180. The van der Waals surface area contributed by atoms with Gasteiger partial charge < -0.3 is 10.8 Å². The zero-order valence-corrected chi connectivity index (χ0v) is 11.4. The molecule has 20 heavy (non-hydrogen) atoms. The summed E-state index contributed by atoms with van der Waals surface area (Å²) < 4.78 is 26.1. The Bertz CT molecular complexity index is 631. The highest BCUT2D eigenvalue weighted by Crippen LogP contribution is 2.31. The third kappa shape index (κ3) is 2.60. The van der Waals surface area contributed by atoms with Crippen molar-refractivity contribution in [2.45, 2.75) is 11.3 Å². The lowest BCUT2D eigenvalue weighted by Gasteiger charge is -2.16. The van der Waals surface area contributed by atoms with E-state index in [1.165, 1.54) is 6.07 Å². The maximum absolute atomic E-state index is 12.5. The lowest BCUT2D eigenvalue weighted by molar-refractivity contribution is -0.387. The largest absolute Gasteiger partial charge is 0.399 e. The van der Waals surface area contributed by atoms with Crippen molar-refractivity contribution in [3.63, 3.8) is 0 Å². The van der Waals surface area contributed by atoms with E-state index in [2.05, 4.69) is 0 Å². The lowest BCUT2D eigenvalue weighted by Crippen LogP contribution is -2.30. The molecular weight excluding hydrogens is 286 g/mol. The first-order chi connectivity index (χ1) is 9.36. The first kappa shape index (κ1) is 14.7. The zero-order valence-electron chi connectivity index (χ0n) is 10.6. The first-order valence-electron chi connectivity index (χ1n) is 6.01. The van der Waals surface area contributed by atoms with Gasteiger partial charge in [-0.15, -0.1) is 0 Å². The van der Waals surface area contributed by atoms with Gasteiger partial charge in [-0.1, -0.05) is 0 Å². The van der Waals surface area contributed by atoms with Crippen LogP contribution >= 0.6 is 0 Å². The Labute approximate surface area is 116 Å². The number of nitrogen functional groups attached to an aromatic ring is 1. The molecule has 1 atom stereocenters. The monoisotopic (exact) mass is 301 g/mol. The number of rotatable bonds is 4. The molecule has 9 heteroatoms. The topological polar surface area (TPSA) is 127 Å². The van der Waals surface area contributed by atoms with Crippen molar-refractivity contribution in [1.82, 2.24) is 4.31 Å². The average molecular weight is 301 g/mol. The molecule has 1 aromatic rings. The molecule has 0 bridgehead atoms. The average Bonchev–Trinajstić information content (AvgIpc) is 2.87. The fourth-order valence-corrected chi connectivity index (χ4v) is 3.91. The predicted molar refractivity (Wildman–Crippen MR) is 71.5 cm³/mol. The number of anilines is 1. The summed E-state index contributed by atoms with van der Waals surface area (Å²) in [6, 6.07) is 3.47. The second-order valence-corrected chi connectivity index (χ2v) is 6.59. The summed E-state index contributed by atoms with van der Waals surface area (Å²) >= 11 is 0. The summed E-state index contributed by atoms with van der Waals surface area (Å²) in [7, 11) is -3.98. The van der Waals surface area contributed by atoms with Crippen molar-refractivity contribution in [2.75, 3.05) is 25.4 Å². The van der Waals surface area contributed by atoms with Crippen LogP contribution in [0.2, 0.25) is 0 Å². The summed E-state index contributed by atoms with van der Waals surface area (Å²) in [6.45, 7) is 0.287. The number of aliphatic hydroxyl groups excluding tert-OH is 1. The van der Waals surface area contributed by atoms with E-state index in [0.29, 0.717) is 6.42 Å². The number of nitrogens with two attached hydrogens (primary N) is 1. The van der Waals surface area contributed by atoms with Gasteiger partial charge in [-0.3, -0.25) is 10.1 Å². The number of benzene rings is 1. The van der Waals surface area contributed by atoms with Crippen molar-refractivity contribution < 1.29 is 18.4 Å². The molecule has 1 aromatic carbocycles. The van der Waals surface area contributed by atoms with Crippen molar-refractivity contribution in [3.05, 3.63) is 28.3 Å². The van der Waals surface area contributed by atoms with Crippen LogP contribution in [0.15, 0.2) is 23.1 Å². The van der Waals surface area contributed by atoms with Crippen LogP contribution in [0.25, 0.3) is 0 Å². The summed E-state index contributed by atoms with van der Waals surface area (Å²) in [5.41, 5.74) is 5.18. The standard InChI is InChI=1S/C11H15N3O5S/c12-9-1-2-10(14(16)17)11(5-9)20(18,19)13-4-3-8(6-13)7-15/h1-2,5,8,15H,3-4,6-7,12H2. The molecule has 0 spiro atoms. The minimum absolute atomic E-state index is 0.106. The number of nitro benzene ring substituents is 1.